The molecule has 1 aromatic carbocycles. The second kappa shape index (κ2) is 8.62. The van der Waals surface area contributed by atoms with Crippen molar-refractivity contribution in [1.82, 2.24) is 9.21 Å². The van der Waals surface area contributed by atoms with Gasteiger partial charge in [0.25, 0.3) is 0 Å². The standard InChI is InChI=1S/C17H25FN2O4S/c1-3-25(22,23)20-10-8-14(9-11-20)17(21)19(2)12-13-24-16-6-4-15(18)5-7-16/h4-7,14H,3,8-13H2,1-2H3. The molecule has 0 spiro atoms. The molecule has 6 nitrogen and oxygen atoms in total. The van der Waals surface area contributed by atoms with Crippen LogP contribution in [0.25, 0.3) is 0 Å². The number of halogens is 1. The van der Waals surface area contributed by atoms with Gasteiger partial charge in [0.15, 0.2) is 0 Å². The first kappa shape index (κ1) is 19.7. The predicted octanol–water partition coefficient (Wildman–Crippen LogP) is 1.72. The van der Waals surface area contributed by atoms with E-state index in [2.05, 4.69) is 0 Å². The van der Waals surface area contributed by atoms with Gasteiger partial charge in [-0.05, 0) is 44.0 Å². The van der Waals surface area contributed by atoms with Gasteiger partial charge in [-0.1, -0.05) is 0 Å². The van der Waals surface area contributed by atoms with Gasteiger partial charge >= 0.3 is 0 Å². The number of amides is 1. The van der Waals surface area contributed by atoms with Crippen LogP contribution < -0.4 is 4.74 Å². The van der Waals surface area contributed by atoms with Crippen molar-refractivity contribution in [3.05, 3.63) is 30.1 Å². The lowest BCUT2D eigenvalue weighted by Gasteiger charge is -2.32. The summed E-state index contributed by atoms with van der Waals surface area (Å²) < 4.78 is 43.5. The lowest BCUT2D eigenvalue weighted by atomic mass is 9.97. The van der Waals surface area contributed by atoms with Crippen LogP contribution in [0.3, 0.4) is 0 Å². The third-order valence-electron chi connectivity index (χ3n) is 4.45. The number of piperidine rings is 1. The zero-order chi connectivity index (χ0) is 18.4. The average molecular weight is 372 g/mol. The minimum atomic E-state index is -3.18. The van der Waals surface area contributed by atoms with Gasteiger partial charge in [0.2, 0.25) is 15.9 Å². The van der Waals surface area contributed by atoms with Crippen LogP contribution in [0, 0.1) is 11.7 Å². The summed E-state index contributed by atoms with van der Waals surface area (Å²) in [4.78, 5) is 14.1. The maximum Gasteiger partial charge on any atom is 0.225 e. The number of hydrogen-bond acceptors (Lipinski definition) is 4. The Morgan fingerprint density at radius 3 is 2.44 bits per heavy atom. The van der Waals surface area contributed by atoms with E-state index in [1.54, 1.807) is 31.0 Å². The van der Waals surface area contributed by atoms with Crippen molar-refractivity contribution >= 4 is 15.9 Å². The number of sulfonamides is 1. The molecule has 8 heteroatoms. The van der Waals surface area contributed by atoms with E-state index in [-0.39, 0.29) is 23.4 Å². The van der Waals surface area contributed by atoms with Gasteiger partial charge in [0.05, 0.1) is 12.3 Å². The second-order valence-electron chi connectivity index (χ2n) is 6.14. The third kappa shape index (κ3) is 5.40. The number of benzene rings is 1. The fraction of sp³-hybridized carbons (Fsp3) is 0.588. The fourth-order valence-corrected chi connectivity index (χ4v) is 3.95. The highest BCUT2D eigenvalue weighted by atomic mass is 32.2. The van der Waals surface area contributed by atoms with E-state index in [0.717, 1.165) is 0 Å². The van der Waals surface area contributed by atoms with Gasteiger partial charge in [-0.25, -0.2) is 17.1 Å². The molecule has 0 unspecified atom stereocenters. The zero-order valence-electron chi connectivity index (χ0n) is 14.7. The first-order valence-corrected chi connectivity index (χ1v) is 10.1. The average Bonchev–Trinajstić information content (AvgIpc) is 2.62. The van der Waals surface area contributed by atoms with E-state index in [1.807, 2.05) is 0 Å². The molecular formula is C17H25FN2O4S. The Morgan fingerprint density at radius 1 is 1.28 bits per heavy atom. The van der Waals surface area contributed by atoms with Gasteiger partial charge < -0.3 is 9.64 Å². The van der Waals surface area contributed by atoms with E-state index < -0.39 is 10.0 Å². The van der Waals surface area contributed by atoms with Crippen LogP contribution in [0.15, 0.2) is 24.3 Å². The highest BCUT2D eigenvalue weighted by Gasteiger charge is 2.31. The quantitative estimate of drug-likeness (QED) is 0.731. The molecule has 1 aliphatic rings. The van der Waals surface area contributed by atoms with Crippen molar-refractivity contribution in [3.8, 4) is 5.75 Å². The van der Waals surface area contributed by atoms with Crippen LogP contribution >= 0.6 is 0 Å². The molecule has 1 amide bonds. The summed E-state index contributed by atoms with van der Waals surface area (Å²) in [6, 6.07) is 5.73. The molecule has 140 valence electrons. The van der Waals surface area contributed by atoms with Gasteiger partial charge in [0.1, 0.15) is 18.2 Å². The number of ether oxygens (including phenoxy) is 1. The molecule has 1 aliphatic heterocycles. The summed E-state index contributed by atoms with van der Waals surface area (Å²) >= 11 is 0. The summed E-state index contributed by atoms with van der Waals surface area (Å²) in [5.41, 5.74) is 0. The maximum atomic E-state index is 12.8. The molecule has 1 saturated heterocycles. The molecule has 1 heterocycles. The summed E-state index contributed by atoms with van der Waals surface area (Å²) in [6.45, 7) is 3.15. The van der Waals surface area contributed by atoms with Gasteiger partial charge in [-0.3, -0.25) is 4.79 Å². The number of rotatable bonds is 7. The Bertz CT molecular complexity index is 670. The Hall–Kier alpha value is -1.67. The smallest absolute Gasteiger partial charge is 0.225 e. The van der Waals surface area contributed by atoms with Crippen molar-refractivity contribution < 1.29 is 22.3 Å². The highest BCUT2D eigenvalue weighted by molar-refractivity contribution is 7.89. The van der Waals surface area contributed by atoms with Gasteiger partial charge in [-0.15, -0.1) is 0 Å². The number of hydrogen-bond donors (Lipinski definition) is 0. The molecular weight excluding hydrogens is 347 g/mol. The molecule has 0 aliphatic carbocycles. The van der Waals surface area contributed by atoms with Crippen molar-refractivity contribution in [3.63, 3.8) is 0 Å². The van der Waals surface area contributed by atoms with Crippen LogP contribution in [0.5, 0.6) is 5.75 Å². The Morgan fingerprint density at radius 2 is 1.88 bits per heavy atom. The fourth-order valence-electron chi connectivity index (χ4n) is 2.82. The van der Waals surface area contributed by atoms with E-state index >= 15 is 0 Å². The van der Waals surface area contributed by atoms with Crippen molar-refractivity contribution in [2.75, 3.05) is 39.0 Å². The lowest BCUT2D eigenvalue weighted by molar-refractivity contribution is -0.135. The van der Waals surface area contributed by atoms with Gasteiger partial charge in [0, 0.05) is 26.1 Å². The van der Waals surface area contributed by atoms with Gasteiger partial charge in [-0.2, -0.15) is 0 Å². The highest BCUT2D eigenvalue weighted by Crippen LogP contribution is 2.21. The van der Waals surface area contributed by atoms with E-state index in [0.29, 0.717) is 44.8 Å². The molecule has 25 heavy (non-hydrogen) atoms. The lowest BCUT2D eigenvalue weighted by Crippen LogP contribution is -2.44. The molecule has 1 aromatic rings. The second-order valence-corrected chi connectivity index (χ2v) is 8.39. The topological polar surface area (TPSA) is 66.9 Å². The van der Waals surface area contributed by atoms with Crippen LogP contribution in [0.1, 0.15) is 19.8 Å². The summed E-state index contributed by atoms with van der Waals surface area (Å²) in [5.74, 6) is 0.179. The normalized spacial score (nSPS) is 16.6. The number of likely N-dealkylation sites (N-methyl/N-ethyl adjacent to an activating group) is 1. The monoisotopic (exact) mass is 372 g/mol. The van der Waals surface area contributed by atoms with E-state index in [9.17, 15) is 17.6 Å². The number of nitrogens with zero attached hydrogens (tertiary/aromatic N) is 2. The Balaban J connectivity index is 1.76. The van der Waals surface area contributed by atoms with Crippen LogP contribution in [0.4, 0.5) is 4.39 Å². The molecule has 0 radical (unpaired) electrons. The van der Waals surface area contributed by atoms with Crippen LogP contribution in [0.2, 0.25) is 0 Å². The van der Waals surface area contributed by atoms with E-state index in [4.69, 9.17) is 4.74 Å². The predicted molar refractivity (Wildman–Crippen MR) is 93.3 cm³/mol. The molecule has 0 bridgehead atoms. The summed E-state index contributed by atoms with van der Waals surface area (Å²) in [7, 11) is -1.46. The minimum Gasteiger partial charge on any atom is -0.492 e. The molecule has 0 saturated carbocycles. The Labute approximate surface area is 148 Å². The molecule has 0 N–H and O–H groups in total. The molecule has 1 fully saturated rings. The van der Waals surface area contributed by atoms with Crippen LogP contribution in [-0.4, -0.2) is 62.6 Å². The Kier molecular flexibility index (Phi) is 6.78. The van der Waals surface area contributed by atoms with Crippen LogP contribution in [-0.2, 0) is 14.8 Å². The maximum absolute atomic E-state index is 12.8. The molecule has 0 aromatic heterocycles. The van der Waals surface area contributed by atoms with Crippen molar-refractivity contribution in [2.24, 2.45) is 5.92 Å². The first-order valence-electron chi connectivity index (χ1n) is 8.44. The third-order valence-corrected chi connectivity index (χ3v) is 6.33. The van der Waals surface area contributed by atoms with Crippen molar-refractivity contribution in [1.29, 1.82) is 0 Å². The largest absolute Gasteiger partial charge is 0.492 e. The molecule has 2 rings (SSSR count). The zero-order valence-corrected chi connectivity index (χ0v) is 15.5. The number of carbonyl (C=O) groups excluding carboxylic acids is 1. The first-order chi connectivity index (χ1) is 11.8. The summed E-state index contributed by atoms with van der Waals surface area (Å²) in [6.07, 6.45) is 1.09. The van der Waals surface area contributed by atoms with E-state index in [1.165, 1.54) is 16.4 Å². The number of carbonyl (C=O) groups is 1. The minimum absolute atomic E-state index is 0.0104. The molecule has 0 atom stereocenters. The van der Waals surface area contributed by atoms with Crippen molar-refractivity contribution in [2.45, 2.75) is 19.8 Å². The summed E-state index contributed by atoms with van der Waals surface area (Å²) in [5, 5.41) is 0. The SMILES string of the molecule is CCS(=O)(=O)N1CCC(C(=O)N(C)CCOc2ccc(F)cc2)CC1.